The molecule has 1 unspecified atom stereocenters. The van der Waals surface area contributed by atoms with Crippen LogP contribution in [0.2, 0.25) is 0 Å². The fourth-order valence-electron chi connectivity index (χ4n) is 5.51. The zero-order valence-corrected chi connectivity index (χ0v) is 24.1. The smallest absolute Gasteiger partial charge is 0.244 e. The third-order valence-electron chi connectivity index (χ3n) is 8.13. The minimum absolute atomic E-state index is 0.0822. The van der Waals surface area contributed by atoms with Crippen molar-refractivity contribution in [2.45, 2.75) is 63.1 Å². The molecule has 2 fully saturated rings. The summed E-state index contributed by atoms with van der Waals surface area (Å²) in [6.07, 6.45) is 6.40. The number of nitrogens with zero attached hydrogens (tertiary/aromatic N) is 2. The zero-order chi connectivity index (χ0) is 29.6. The molecule has 3 aliphatic rings. The Labute approximate surface area is 240 Å². The summed E-state index contributed by atoms with van der Waals surface area (Å²) in [4.78, 5) is 60.0. The average Bonchev–Trinajstić information content (AvgIpc) is 3.49. The van der Waals surface area contributed by atoms with Crippen molar-refractivity contribution in [1.82, 2.24) is 20.5 Å². The van der Waals surface area contributed by atoms with Gasteiger partial charge in [-0.1, -0.05) is 11.6 Å². The number of epoxide rings is 1. The minimum Gasteiger partial charge on any atom is -0.481 e. The molecular formula is C29H41N5O7. The molecule has 0 saturated carbocycles. The van der Waals surface area contributed by atoms with Crippen LogP contribution < -0.4 is 21.1 Å². The van der Waals surface area contributed by atoms with E-state index in [1.54, 1.807) is 19.1 Å². The third kappa shape index (κ3) is 7.49. The quantitative estimate of drug-likeness (QED) is 0.210. The number of ketones is 1. The van der Waals surface area contributed by atoms with Gasteiger partial charge in [-0.05, 0) is 51.2 Å². The first-order valence-corrected chi connectivity index (χ1v) is 14.1. The Morgan fingerprint density at radius 3 is 2.61 bits per heavy atom. The molecule has 0 radical (unpaired) electrons. The number of ether oxygens (including phenoxy) is 3. The summed E-state index contributed by atoms with van der Waals surface area (Å²) in [5.74, 6) is -2.80. The fourth-order valence-corrected chi connectivity index (χ4v) is 5.51. The highest BCUT2D eigenvalue weighted by Gasteiger charge is 2.58. The third-order valence-corrected chi connectivity index (χ3v) is 8.13. The molecule has 224 valence electrons. The number of Topliss-reactive ketones (excluding diaryl/α,β-unsaturated/α-hetero) is 1. The predicted octanol–water partition coefficient (Wildman–Crippen LogP) is 0.285. The first kappa shape index (κ1) is 30.6. The van der Waals surface area contributed by atoms with Crippen molar-refractivity contribution in [2.24, 2.45) is 11.7 Å². The van der Waals surface area contributed by atoms with Gasteiger partial charge in [0.1, 0.15) is 17.2 Å². The Kier molecular flexibility index (Phi) is 9.77. The number of carbonyl (C=O) groups excluding carboxylic acids is 4. The average molecular weight is 572 g/mol. The first-order valence-electron chi connectivity index (χ1n) is 14.1. The molecule has 1 aromatic rings. The van der Waals surface area contributed by atoms with E-state index in [1.165, 1.54) is 20.2 Å². The molecule has 0 spiro atoms. The number of pyridine rings is 1. The van der Waals surface area contributed by atoms with Gasteiger partial charge in [0.15, 0.2) is 5.78 Å². The minimum atomic E-state index is -1.82. The molecule has 3 amide bonds. The monoisotopic (exact) mass is 571 g/mol. The van der Waals surface area contributed by atoms with E-state index >= 15 is 0 Å². The van der Waals surface area contributed by atoms with E-state index in [-0.39, 0.29) is 37.7 Å². The molecule has 3 heterocycles. The van der Waals surface area contributed by atoms with Crippen molar-refractivity contribution in [3.63, 3.8) is 0 Å². The molecule has 4 N–H and O–H groups in total. The standard InChI is InChI=1S/C29H41N5O7/c1-19(32-23(35)17-34-10-12-40-13-11-34)26(37)33-29(27(30)38,16-21-8-9-31-24(15-21)39-3)22(14-20-6-4-5-7-20)25(36)28(2)18-41-28/h6,8-9,15,19,22H,4-5,7,10-14,16-18H2,1-3H3,(H2,30,38)(H,32,35)(H,33,37)/t19-,22+,28+,29?/m0/s1. The van der Waals surface area contributed by atoms with Gasteiger partial charge in [-0.2, -0.15) is 0 Å². The van der Waals surface area contributed by atoms with Gasteiger partial charge in [0.05, 0.1) is 39.4 Å². The summed E-state index contributed by atoms with van der Waals surface area (Å²) in [6.45, 7) is 5.88. The molecule has 2 aliphatic heterocycles. The molecule has 12 nitrogen and oxygen atoms in total. The summed E-state index contributed by atoms with van der Waals surface area (Å²) in [5, 5.41) is 5.57. The molecule has 2 saturated heterocycles. The zero-order valence-electron chi connectivity index (χ0n) is 24.1. The molecule has 4 rings (SSSR count). The lowest BCUT2D eigenvalue weighted by molar-refractivity contribution is -0.142. The Balaban J connectivity index is 1.65. The van der Waals surface area contributed by atoms with Crippen molar-refractivity contribution in [2.75, 3.05) is 46.6 Å². The summed E-state index contributed by atoms with van der Waals surface area (Å²) in [6, 6.07) is 2.33. The Hall–Kier alpha value is -3.35. The van der Waals surface area contributed by atoms with Crippen LogP contribution in [0.4, 0.5) is 0 Å². The second-order valence-electron chi connectivity index (χ2n) is 11.3. The van der Waals surface area contributed by atoms with Crippen LogP contribution in [-0.4, -0.2) is 97.1 Å². The topological polar surface area (TPSA) is 165 Å². The van der Waals surface area contributed by atoms with Crippen LogP contribution in [0.1, 0.15) is 45.1 Å². The number of nitrogens with one attached hydrogen (secondary N) is 2. The predicted molar refractivity (Wildman–Crippen MR) is 149 cm³/mol. The highest BCUT2D eigenvalue weighted by molar-refractivity contribution is 6.02. The normalized spacial score (nSPS) is 23.4. The second-order valence-corrected chi connectivity index (χ2v) is 11.3. The molecular weight excluding hydrogens is 530 g/mol. The first-order chi connectivity index (χ1) is 19.6. The van der Waals surface area contributed by atoms with Gasteiger partial charge >= 0.3 is 0 Å². The van der Waals surface area contributed by atoms with Crippen molar-refractivity contribution in [3.8, 4) is 5.88 Å². The number of hydrogen-bond acceptors (Lipinski definition) is 9. The van der Waals surface area contributed by atoms with Crippen LogP contribution in [0.15, 0.2) is 30.0 Å². The fraction of sp³-hybridized carbons (Fsp3) is 0.621. The Bertz CT molecular complexity index is 1180. The summed E-state index contributed by atoms with van der Waals surface area (Å²) >= 11 is 0. The van der Waals surface area contributed by atoms with Crippen LogP contribution in [0.3, 0.4) is 0 Å². The molecule has 12 heteroatoms. The molecule has 1 aromatic heterocycles. The van der Waals surface area contributed by atoms with Gasteiger partial charge < -0.3 is 30.6 Å². The lowest BCUT2D eigenvalue weighted by Crippen LogP contribution is -2.68. The van der Waals surface area contributed by atoms with E-state index in [9.17, 15) is 19.2 Å². The van der Waals surface area contributed by atoms with Gasteiger partial charge in [-0.3, -0.25) is 24.1 Å². The number of carbonyl (C=O) groups is 4. The van der Waals surface area contributed by atoms with E-state index < -0.39 is 34.9 Å². The number of morpholine rings is 1. The van der Waals surface area contributed by atoms with Crippen molar-refractivity contribution >= 4 is 23.5 Å². The van der Waals surface area contributed by atoms with Crippen LogP contribution in [0, 0.1) is 5.92 Å². The summed E-state index contributed by atoms with van der Waals surface area (Å²) in [5.41, 5.74) is 4.87. The summed E-state index contributed by atoms with van der Waals surface area (Å²) < 4.78 is 16.1. The molecule has 41 heavy (non-hydrogen) atoms. The number of nitrogens with two attached hydrogens (primary N) is 1. The van der Waals surface area contributed by atoms with Gasteiger partial charge in [-0.25, -0.2) is 4.98 Å². The van der Waals surface area contributed by atoms with Crippen LogP contribution in [0.25, 0.3) is 0 Å². The maximum Gasteiger partial charge on any atom is 0.244 e. The molecule has 4 atom stereocenters. The van der Waals surface area contributed by atoms with Gasteiger partial charge in [0, 0.05) is 31.8 Å². The van der Waals surface area contributed by atoms with Gasteiger partial charge in [0.2, 0.25) is 23.6 Å². The van der Waals surface area contributed by atoms with E-state index in [0.29, 0.717) is 37.7 Å². The van der Waals surface area contributed by atoms with Crippen molar-refractivity contribution in [1.29, 1.82) is 0 Å². The summed E-state index contributed by atoms with van der Waals surface area (Å²) in [7, 11) is 1.47. The lowest BCUT2D eigenvalue weighted by atomic mass is 9.70. The number of methoxy groups -OCH3 is 1. The molecule has 1 aliphatic carbocycles. The van der Waals surface area contributed by atoms with Crippen LogP contribution >= 0.6 is 0 Å². The number of aromatic nitrogens is 1. The second kappa shape index (κ2) is 13.1. The molecule has 0 bridgehead atoms. The van der Waals surface area contributed by atoms with Gasteiger partial charge in [0.25, 0.3) is 0 Å². The largest absolute Gasteiger partial charge is 0.481 e. The van der Waals surface area contributed by atoms with E-state index in [2.05, 4.69) is 21.7 Å². The number of hydrogen-bond donors (Lipinski definition) is 3. The number of primary amides is 1. The van der Waals surface area contributed by atoms with Crippen LogP contribution in [-0.2, 0) is 35.1 Å². The number of allylic oxidation sites excluding steroid dienone is 2. The number of rotatable bonds is 14. The Morgan fingerprint density at radius 1 is 1.27 bits per heavy atom. The maximum absolute atomic E-state index is 14.0. The van der Waals surface area contributed by atoms with Gasteiger partial charge in [-0.15, -0.1) is 0 Å². The molecule has 0 aromatic carbocycles. The van der Waals surface area contributed by atoms with Crippen molar-refractivity contribution < 1.29 is 33.4 Å². The van der Waals surface area contributed by atoms with E-state index in [4.69, 9.17) is 19.9 Å². The highest BCUT2D eigenvalue weighted by Crippen LogP contribution is 2.40. The lowest BCUT2D eigenvalue weighted by Gasteiger charge is -2.40. The highest BCUT2D eigenvalue weighted by atomic mass is 16.6. The SMILES string of the molecule is COc1cc(CC(NC(=O)[C@H](C)NC(=O)CN2CCOCC2)(C(N)=O)[C@H](CC2=CCCC2)C(=O)[C@@]2(C)CO2)ccn1. The van der Waals surface area contributed by atoms with Crippen LogP contribution in [0.5, 0.6) is 5.88 Å². The Morgan fingerprint density at radius 2 is 2.00 bits per heavy atom. The van der Waals surface area contributed by atoms with Crippen molar-refractivity contribution in [3.05, 3.63) is 35.5 Å². The number of amides is 3. The van der Waals surface area contributed by atoms with E-state index in [1.807, 2.05) is 4.90 Å². The van der Waals surface area contributed by atoms with E-state index in [0.717, 1.165) is 24.8 Å². The maximum atomic E-state index is 14.0.